The van der Waals surface area contributed by atoms with E-state index in [0.717, 1.165) is 31.6 Å². The third-order valence-electron chi connectivity index (χ3n) is 5.55. The van der Waals surface area contributed by atoms with Gasteiger partial charge in [0, 0.05) is 44.4 Å². The number of benzene rings is 2. The van der Waals surface area contributed by atoms with Crippen LogP contribution in [-0.4, -0.2) is 41.9 Å². The first kappa shape index (κ1) is 20.7. The highest BCUT2D eigenvalue weighted by molar-refractivity contribution is 5.80. The molecule has 4 rings (SSSR count). The van der Waals surface area contributed by atoms with E-state index in [9.17, 15) is 22.4 Å². The molecule has 0 radical (unpaired) electrons. The zero-order valence-electron chi connectivity index (χ0n) is 16.3. The van der Waals surface area contributed by atoms with Gasteiger partial charge in [-0.3, -0.25) is 9.69 Å². The minimum atomic E-state index is -4.42. The van der Waals surface area contributed by atoms with E-state index in [1.54, 1.807) is 12.1 Å². The van der Waals surface area contributed by atoms with Crippen LogP contribution in [0.2, 0.25) is 0 Å². The molecule has 0 bridgehead atoms. The lowest BCUT2D eigenvalue weighted by atomic mass is 9.96. The number of hydrogen-bond donors (Lipinski definition) is 0. The number of nitrogens with zero attached hydrogens (tertiary/aromatic N) is 2. The number of carbonyl (C=O) groups is 1. The Balaban J connectivity index is 1.29. The highest BCUT2D eigenvalue weighted by Gasteiger charge is 2.37. The molecule has 0 aliphatic carbocycles. The smallest absolute Gasteiger partial charge is 0.416 e. The van der Waals surface area contributed by atoms with Crippen molar-refractivity contribution in [2.45, 2.75) is 25.7 Å². The molecular weight excluding hydrogens is 400 g/mol. The van der Waals surface area contributed by atoms with Gasteiger partial charge in [0.15, 0.2) is 0 Å². The molecule has 2 saturated heterocycles. The number of rotatable bonds is 6. The fourth-order valence-corrected chi connectivity index (χ4v) is 3.64. The molecular formula is C22H22F4N2O2. The van der Waals surface area contributed by atoms with Crippen LogP contribution < -0.4 is 4.74 Å². The average molecular weight is 422 g/mol. The summed E-state index contributed by atoms with van der Waals surface area (Å²) in [7, 11) is 0. The van der Waals surface area contributed by atoms with Crippen LogP contribution in [0.25, 0.3) is 0 Å². The Labute approximate surface area is 172 Å². The van der Waals surface area contributed by atoms with Crippen molar-refractivity contribution >= 4 is 5.91 Å². The number of amides is 1. The predicted molar refractivity (Wildman–Crippen MR) is 102 cm³/mol. The number of hydrogen-bond acceptors (Lipinski definition) is 3. The van der Waals surface area contributed by atoms with E-state index in [-0.39, 0.29) is 24.2 Å². The van der Waals surface area contributed by atoms with Crippen LogP contribution in [0.4, 0.5) is 17.6 Å². The minimum absolute atomic E-state index is 0.00318. The van der Waals surface area contributed by atoms with Crippen molar-refractivity contribution in [2.24, 2.45) is 5.92 Å². The number of alkyl halides is 3. The lowest BCUT2D eigenvalue weighted by Crippen LogP contribution is -2.56. The molecule has 1 amide bonds. The van der Waals surface area contributed by atoms with Gasteiger partial charge in [-0.15, -0.1) is 0 Å². The van der Waals surface area contributed by atoms with Gasteiger partial charge in [-0.05, 0) is 30.2 Å². The Bertz CT molecular complexity index is 922. The standard InChI is InChI=1S/C22H22F4N2O2/c23-20-10-19(30-14-15-3-1-4-18(9-15)22(24,25)26)6-5-16(20)11-27-12-17(13-27)21(29)28-7-2-8-28/h1,3-6,9-10,17H,2,7-8,11-14H2. The Morgan fingerprint density at radius 2 is 1.87 bits per heavy atom. The summed E-state index contributed by atoms with van der Waals surface area (Å²) in [4.78, 5) is 16.0. The average Bonchev–Trinajstić information content (AvgIpc) is 2.62. The first-order chi connectivity index (χ1) is 14.3. The van der Waals surface area contributed by atoms with Gasteiger partial charge in [-0.2, -0.15) is 13.2 Å². The van der Waals surface area contributed by atoms with Crippen molar-refractivity contribution in [3.63, 3.8) is 0 Å². The second-order valence-electron chi connectivity index (χ2n) is 7.81. The van der Waals surface area contributed by atoms with Crippen LogP contribution in [0, 0.1) is 11.7 Å². The van der Waals surface area contributed by atoms with Gasteiger partial charge in [0.1, 0.15) is 18.2 Å². The molecule has 0 aromatic heterocycles. The van der Waals surface area contributed by atoms with E-state index in [0.29, 0.717) is 30.8 Å². The Hall–Kier alpha value is -2.61. The molecule has 4 nitrogen and oxygen atoms in total. The summed E-state index contributed by atoms with van der Waals surface area (Å²) < 4.78 is 58.2. The van der Waals surface area contributed by atoms with Crippen molar-refractivity contribution < 1.29 is 27.1 Å². The summed E-state index contributed by atoms with van der Waals surface area (Å²) in [5.41, 5.74) is 0.106. The van der Waals surface area contributed by atoms with E-state index in [4.69, 9.17) is 4.74 Å². The van der Waals surface area contributed by atoms with E-state index in [1.165, 1.54) is 18.2 Å². The van der Waals surface area contributed by atoms with Gasteiger partial charge in [-0.25, -0.2) is 4.39 Å². The van der Waals surface area contributed by atoms with E-state index >= 15 is 0 Å². The number of likely N-dealkylation sites (tertiary alicyclic amines) is 2. The zero-order valence-corrected chi connectivity index (χ0v) is 16.3. The van der Waals surface area contributed by atoms with E-state index in [1.807, 2.05) is 9.80 Å². The fraction of sp³-hybridized carbons (Fsp3) is 0.409. The van der Waals surface area contributed by atoms with Gasteiger partial charge in [-0.1, -0.05) is 18.2 Å². The van der Waals surface area contributed by atoms with Crippen LogP contribution in [-0.2, 0) is 24.1 Å². The molecule has 0 N–H and O–H groups in total. The molecule has 2 heterocycles. The summed E-state index contributed by atoms with van der Waals surface area (Å²) in [6.07, 6.45) is -3.35. The Morgan fingerprint density at radius 3 is 2.50 bits per heavy atom. The third kappa shape index (κ3) is 4.59. The van der Waals surface area contributed by atoms with Gasteiger partial charge >= 0.3 is 6.18 Å². The molecule has 2 aliphatic rings. The number of ether oxygens (including phenoxy) is 1. The lowest BCUT2D eigenvalue weighted by Gasteiger charge is -2.43. The molecule has 2 aliphatic heterocycles. The topological polar surface area (TPSA) is 32.8 Å². The Kier molecular flexibility index (Phi) is 5.69. The summed E-state index contributed by atoms with van der Waals surface area (Å²) in [5, 5.41) is 0. The van der Waals surface area contributed by atoms with Crippen LogP contribution in [0.15, 0.2) is 42.5 Å². The maximum Gasteiger partial charge on any atom is 0.416 e. The van der Waals surface area contributed by atoms with Crippen molar-refractivity contribution in [1.82, 2.24) is 9.80 Å². The van der Waals surface area contributed by atoms with Crippen molar-refractivity contribution in [2.75, 3.05) is 26.2 Å². The summed E-state index contributed by atoms with van der Waals surface area (Å²) >= 11 is 0. The first-order valence-corrected chi connectivity index (χ1v) is 9.88. The molecule has 0 atom stereocenters. The van der Waals surface area contributed by atoms with Crippen LogP contribution in [0.3, 0.4) is 0 Å². The summed E-state index contributed by atoms with van der Waals surface area (Å²) in [6, 6.07) is 9.32. The minimum Gasteiger partial charge on any atom is -0.489 e. The molecule has 30 heavy (non-hydrogen) atoms. The second-order valence-corrected chi connectivity index (χ2v) is 7.81. The molecule has 2 fully saturated rings. The quantitative estimate of drug-likeness (QED) is 0.658. The predicted octanol–water partition coefficient (Wildman–Crippen LogP) is 4.09. The molecule has 0 unspecified atom stereocenters. The van der Waals surface area contributed by atoms with E-state index < -0.39 is 17.6 Å². The van der Waals surface area contributed by atoms with Gasteiger partial charge in [0.2, 0.25) is 5.91 Å². The fourth-order valence-electron chi connectivity index (χ4n) is 3.64. The van der Waals surface area contributed by atoms with Gasteiger partial charge in [0.05, 0.1) is 11.5 Å². The summed E-state index contributed by atoms with van der Waals surface area (Å²) in [5.74, 6) is 0.0110. The molecule has 2 aromatic carbocycles. The molecule has 8 heteroatoms. The zero-order chi connectivity index (χ0) is 21.3. The maximum atomic E-state index is 14.4. The monoisotopic (exact) mass is 422 g/mol. The highest BCUT2D eigenvalue weighted by atomic mass is 19.4. The molecule has 0 saturated carbocycles. The first-order valence-electron chi connectivity index (χ1n) is 9.88. The number of carbonyl (C=O) groups excluding carboxylic acids is 1. The molecule has 0 spiro atoms. The second kappa shape index (κ2) is 8.26. The normalized spacial score (nSPS) is 17.4. The lowest BCUT2D eigenvalue weighted by molar-refractivity contribution is -0.145. The molecule has 160 valence electrons. The summed E-state index contributed by atoms with van der Waals surface area (Å²) in [6.45, 7) is 3.25. The van der Waals surface area contributed by atoms with Crippen LogP contribution in [0.5, 0.6) is 5.75 Å². The van der Waals surface area contributed by atoms with Gasteiger partial charge in [0.25, 0.3) is 0 Å². The van der Waals surface area contributed by atoms with Gasteiger partial charge < -0.3 is 9.64 Å². The third-order valence-corrected chi connectivity index (χ3v) is 5.55. The van der Waals surface area contributed by atoms with Crippen molar-refractivity contribution in [3.8, 4) is 5.75 Å². The maximum absolute atomic E-state index is 14.4. The Morgan fingerprint density at radius 1 is 1.10 bits per heavy atom. The largest absolute Gasteiger partial charge is 0.489 e. The number of halogens is 4. The van der Waals surface area contributed by atoms with Crippen LogP contribution in [0.1, 0.15) is 23.1 Å². The highest BCUT2D eigenvalue weighted by Crippen LogP contribution is 2.30. The van der Waals surface area contributed by atoms with E-state index in [2.05, 4.69) is 0 Å². The van der Waals surface area contributed by atoms with Crippen molar-refractivity contribution in [1.29, 1.82) is 0 Å². The molecule has 2 aromatic rings. The SMILES string of the molecule is O=C(C1CN(Cc2ccc(OCc3cccc(C(F)(F)F)c3)cc2F)C1)N1CCC1. The van der Waals surface area contributed by atoms with Crippen LogP contribution >= 0.6 is 0 Å². The van der Waals surface area contributed by atoms with Crippen molar-refractivity contribution in [3.05, 3.63) is 65.0 Å².